The molecule has 91 heavy (non-hydrogen) atoms. The minimum atomic E-state index is -0.310. The zero-order chi connectivity index (χ0) is 63.1. The van der Waals surface area contributed by atoms with Gasteiger partial charge in [-0.05, 0) is 178 Å². The monoisotopic (exact) mass is 1180 g/mol. The van der Waals surface area contributed by atoms with Crippen molar-refractivity contribution < 1.29 is 0 Å². The molecule has 0 fully saturated rings. The number of nitriles is 2. The highest BCUT2D eigenvalue weighted by atomic mass is 15.2. The smallest absolute Gasteiger partial charge is 0.102 e. The Morgan fingerprint density at radius 3 is 2.11 bits per heavy atom. The van der Waals surface area contributed by atoms with Gasteiger partial charge in [0.25, 0.3) is 0 Å². The van der Waals surface area contributed by atoms with Crippen LogP contribution in [0.2, 0.25) is 0 Å². The molecule has 6 heteroatoms. The molecule has 2 atom stereocenters. The fraction of sp³-hybridized carbons (Fsp3) is 0.153. The Labute approximate surface area is 536 Å². The van der Waals surface area contributed by atoms with Gasteiger partial charge in [-0.3, -0.25) is 0 Å². The van der Waals surface area contributed by atoms with Crippen LogP contribution in [-0.2, 0) is 11.8 Å². The summed E-state index contributed by atoms with van der Waals surface area (Å²) in [5, 5.41) is 27.8. The van der Waals surface area contributed by atoms with E-state index in [9.17, 15) is 10.5 Å². The van der Waals surface area contributed by atoms with E-state index in [4.69, 9.17) is 0 Å². The van der Waals surface area contributed by atoms with Crippen LogP contribution in [0.3, 0.4) is 0 Å². The molecule has 1 aliphatic heterocycles. The molecule has 2 unspecified atom stereocenters. The predicted molar refractivity (Wildman–Crippen MR) is 386 cm³/mol. The van der Waals surface area contributed by atoms with Crippen molar-refractivity contribution in [1.82, 2.24) is 13.7 Å². The number of aromatic nitrogens is 3. The summed E-state index contributed by atoms with van der Waals surface area (Å²) in [5.41, 5.74) is 23.9. The first-order chi connectivity index (χ1) is 44.5. The van der Waals surface area contributed by atoms with Crippen LogP contribution < -0.4 is 4.90 Å². The van der Waals surface area contributed by atoms with Gasteiger partial charge in [0.2, 0.25) is 0 Å². The number of anilines is 2. The third-order valence-electron chi connectivity index (χ3n) is 18.9. The summed E-state index contributed by atoms with van der Waals surface area (Å²) in [6, 6.07) is 59.8. The molecule has 0 saturated carbocycles. The summed E-state index contributed by atoms with van der Waals surface area (Å²) >= 11 is 0. The summed E-state index contributed by atoms with van der Waals surface area (Å²) in [4.78, 5) is 2.48. The van der Waals surface area contributed by atoms with Gasteiger partial charge in [0, 0.05) is 66.7 Å². The van der Waals surface area contributed by atoms with Crippen LogP contribution in [0.15, 0.2) is 248 Å². The zero-order valence-electron chi connectivity index (χ0n) is 53.3. The number of fused-ring (bicyclic) bond motifs is 8. The lowest BCUT2D eigenvalue weighted by Gasteiger charge is -2.36. The lowest BCUT2D eigenvalue weighted by atomic mass is 9.73. The van der Waals surface area contributed by atoms with E-state index in [1.54, 1.807) is 6.08 Å². The van der Waals surface area contributed by atoms with Gasteiger partial charge in [0.1, 0.15) is 12.1 Å². The molecular formula is C85H74N6. The van der Waals surface area contributed by atoms with Crippen molar-refractivity contribution in [3.8, 4) is 34.6 Å². The maximum atomic E-state index is 12.2. The molecule has 0 saturated heterocycles. The van der Waals surface area contributed by atoms with Crippen molar-refractivity contribution in [2.24, 2.45) is 0 Å². The summed E-state index contributed by atoms with van der Waals surface area (Å²) in [5.74, 6) is 0. The molecule has 13 rings (SSSR count). The molecule has 10 aromatic rings. The predicted octanol–water partition coefficient (Wildman–Crippen LogP) is 22.0. The highest BCUT2D eigenvalue weighted by Gasteiger charge is 2.47. The van der Waals surface area contributed by atoms with Gasteiger partial charge in [-0.1, -0.05) is 202 Å². The van der Waals surface area contributed by atoms with Gasteiger partial charge in [0.15, 0.2) is 0 Å². The minimum Gasteiger partial charge on any atom is -0.333 e. The largest absolute Gasteiger partial charge is 0.333 e. The molecule has 0 N–H and O–H groups in total. The Morgan fingerprint density at radius 2 is 1.40 bits per heavy atom. The number of para-hydroxylation sites is 4. The van der Waals surface area contributed by atoms with Crippen molar-refractivity contribution >= 4 is 79.2 Å². The normalized spacial score (nSPS) is 16.7. The van der Waals surface area contributed by atoms with Crippen molar-refractivity contribution in [2.45, 2.75) is 86.1 Å². The van der Waals surface area contributed by atoms with E-state index >= 15 is 0 Å². The molecule has 0 amide bonds. The highest BCUT2D eigenvalue weighted by molar-refractivity contribution is 6.11. The third-order valence-corrected chi connectivity index (χ3v) is 18.9. The molecule has 444 valence electrons. The lowest BCUT2D eigenvalue weighted by Crippen LogP contribution is -2.39. The minimum absolute atomic E-state index is 0.0880. The molecule has 6 nitrogen and oxygen atoms in total. The van der Waals surface area contributed by atoms with Gasteiger partial charge < -0.3 is 18.6 Å². The molecule has 0 bridgehead atoms. The van der Waals surface area contributed by atoms with Gasteiger partial charge in [-0.15, -0.1) is 0 Å². The number of nitrogens with zero attached hydrogens (tertiary/aromatic N) is 6. The fourth-order valence-electron chi connectivity index (χ4n) is 14.7. The fourth-order valence-corrected chi connectivity index (χ4v) is 14.7. The van der Waals surface area contributed by atoms with E-state index < -0.39 is 0 Å². The number of benzene rings is 7. The third kappa shape index (κ3) is 9.79. The van der Waals surface area contributed by atoms with Gasteiger partial charge >= 0.3 is 0 Å². The van der Waals surface area contributed by atoms with E-state index in [1.807, 2.05) is 31.2 Å². The van der Waals surface area contributed by atoms with E-state index in [2.05, 4.69) is 304 Å². The Hall–Kier alpha value is -10.9. The first kappa shape index (κ1) is 59.1. The van der Waals surface area contributed by atoms with E-state index in [0.29, 0.717) is 34.5 Å². The second kappa shape index (κ2) is 24.6. The molecule has 3 aliphatic rings. The maximum Gasteiger partial charge on any atom is 0.102 e. The van der Waals surface area contributed by atoms with E-state index in [1.165, 1.54) is 50.0 Å². The molecular weight excluding hydrogens is 1100 g/mol. The molecule has 0 radical (unpaired) electrons. The standard InChI is InChI=1S/C85H74N6/c1-10-15-31-59(14-5)81-71(54-86)83(88-58(8)69(67-37-23-26-40-75(67)88)51-56(6)62-45-49-78-70(52-62)68-38-24-27-41-76(68)89(78)64(29-12-3)34-16-11-2)82(61-32-19-17-20-33-61)84(72(81)55-87)91-74(30-13-4)57(7)66-47-43-60(44-48-77(66)91)63-46-50-80-85(9,53-63)73-39-25-28-42-79(73)90(80)65-35-21-18-22-36-65/h10-11,13-28,30-46,48-53,80H,1,12,29,47H2,2-9H3/b16-11-,30-13-,31-15-,56-51+,59-14+,64-34+. The van der Waals surface area contributed by atoms with Crippen LogP contribution in [0.5, 0.6) is 0 Å². The Bertz CT molecular complexity index is 5030. The van der Waals surface area contributed by atoms with Crippen LogP contribution in [0.25, 0.3) is 90.3 Å². The quantitative estimate of drug-likeness (QED) is 0.0961. The first-order valence-electron chi connectivity index (χ1n) is 31.8. The summed E-state index contributed by atoms with van der Waals surface area (Å²) in [7, 11) is 0. The maximum absolute atomic E-state index is 12.2. The average Bonchev–Trinajstić information content (AvgIpc) is 1.67. The molecule has 0 spiro atoms. The summed E-state index contributed by atoms with van der Waals surface area (Å²) in [6.07, 6.45) is 37.4. The Balaban J connectivity index is 1.04. The lowest BCUT2D eigenvalue weighted by molar-refractivity contribution is 0.547. The molecule has 7 aromatic carbocycles. The Morgan fingerprint density at radius 1 is 0.714 bits per heavy atom. The molecule has 4 heterocycles. The number of hydrogen-bond acceptors (Lipinski definition) is 3. The van der Waals surface area contributed by atoms with Gasteiger partial charge in [-0.25, -0.2) is 0 Å². The van der Waals surface area contributed by atoms with Gasteiger partial charge in [0.05, 0.1) is 50.8 Å². The molecule has 2 aliphatic carbocycles. The van der Waals surface area contributed by atoms with Crippen LogP contribution in [0, 0.1) is 36.5 Å². The topological polar surface area (TPSA) is 65.6 Å². The number of allylic oxidation sites excluding steroid dienone is 16. The van der Waals surface area contributed by atoms with Crippen molar-refractivity contribution in [3.63, 3.8) is 0 Å². The number of rotatable bonds is 15. The average molecular weight is 1180 g/mol. The second-order valence-electron chi connectivity index (χ2n) is 24.1. The summed E-state index contributed by atoms with van der Waals surface area (Å²) in [6.45, 7) is 21.4. The molecule has 3 aromatic heterocycles. The Kier molecular flexibility index (Phi) is 15.9. The second-order valence-corrected chi connectivity index (χ2v) is 24.1. The van der Waals surface area contributed by atoms with Crippen molar-refractivity contribution in [2.75, 3.05) is 4.90 Å². The van der Waals surface area contributed by atoms with Crippen LogP contribution in [0.1, 0.15) is 116 Å². The van der Waals surface area contributed by atoms with E-state index in [0.717, 1.165) is 90.9 Å². The van der Waals surface area contributed by atoms with Crippen LogP contribution in [0.4, 0.5) is 11.4 Å². The first-order valence-corrected chi connectivity index (χ1v) is 31.8. The SMILES string of the molecule is C=C/C=C\C(=C/C)c1c(C#N)c(-n2c3c(c(C)c2/C=C\C)CC=C(C2=CC4(C)c5ccccc5N(c5ccccc5)C4C=C2)C=C3)c(-c2ccccc2)c(-n2c(C)c(/C=C(\C)c3ccc4c(c3)c3ccccc3n4/C(=C/C=C\C)CCC)c3ccccc32)c1C#N. The number of hydrogen-bond donors (Lipinski definition) is 0. The van der Waals surface area contributed by atoms with Gasteiger partial charge in [-0.2, -0.15) is 10.5 Å². The highest BCUT2D eigenvalue weighted by Crippen LogP contribution is 2.53. The van der Waals surface area contributed by atoms with Crippen molar-refractivity contribution in [3.05, 3.63) is 310 Å². The van der Waals surface area contributed by atoms with Crippen molar-refractivity contribution in [1.29, 1.82) is 10.5 Å². The van der Waals surface area contributed by atoms with Crippen LogP contribution >= 0.6 is 0 Å². The van der Waals surface area contributed by atoms with Crippen LogP contribution in [-0.4, -0.2) is 19.7 Å². The summed E-state index contributed by atoms with van der Waals surface area (Å²) < 4.78 is 7.06. The zero-order valence-corrected chi connectivity index (χ0v) is 53.3. The van der Waals surface area contributed by atoms with E-state index in [-0.39, 0.29) is 11.5 Å².